The normalized spacial score (nSPS) is 21.4. The lowest BCUT2D eigenvalue weighted by Gasteiger charge is -2.31. The lowest BCUT2D eigenvalue weighted by molar-refractivity contribution is -0.151. The number of urea groups is 1. The highest BCUT2D eigenvalue weighted by Crippen LogP contribution is 2.14. The summed E-state index contributed by atoms with van der Waals surface area (Å²) in [4.78, 5) is 45.3. The van der Waals surface area contributed by atoms with Crippen molar-refractivity contribution in [3.05, 3.63) is 0 Å². The van der Waals surface area contributed by atoms with Crippen molar-refractivity contribution in [1.29, 1.82) is 5.26 Å². The van der Waals surface area contributed by atoms with Gasteiger partial charge in [-0.2, -0.15) is 5.26 Å². The lowest BCUT2D eigenvalue weighted by Crippen LogP contribution is -2.60. The molecular formula is C9H9N3O5. The Hall–Kier alpha value is -2.43. The number of imide groups is 2. The molecule has 2 N–H and O–H groups in total. The summed E-state index contributed by atoms with van der Waals surface area (Å²) in [6.45, 7) is 1.24. The molecule has 2 unspecified atom stereocenters. The van der Waals surface area contributed by atoms with Gasteiger partial charge in [0, 0.05) is 0 Å². The largest absolute Gasteiger partial charge is 0.480 e. The first kappa shape index (κ1) is 12.6. The lowest BCUT2D eigenvalue weighted by atomic mass is 10.1. The molecule has 2 atom stereocenters. The van der Waals surface area contributed by atoms with E-state index < -0.39 is 42.2 Å². The van der Waals surface area contributed by atoms with Gasteiger partial charge in [0.2, 0.25) is 11.8 Å². The average molecular weight is 239 g/mol. The van der Waals surface area contributed by atoms with Gasteiger partial charge in [-0.1, -0.05) is 0 Å². The van der Waals surface area contributed by atoms with Gasteiger partial charge in [0.15, 0.2) is 0 Å². The molecule has 1 fully saturated rings. The summed E-state index contributed by atoms with van der Waals surface area (Å²) in [6, 6.07) is -1.06. The van der Waals surface area contributed by atoms with Gasteiger partial charge in [-0.05, 0) is 6.92 Å². The zero-order valence-electron chi connectivity index (χ0n) is 8.84. The number of carbonyl (C=O) groups excluding carboxylic acids is 3. The van der Waals surface area contributed by atoms with E-state index in [0.717, 1.165) is 0 Å². The van der Waals surface area contributed by atoms with Gasteiger partial charge in [-0.25, -0.2) is 14.5 Å². The minimum absolute atomic E-state index is 0.400. The van der Waals surface area contributed by atoms with Crippen molar-refractivity contribution in [3.8, 4) is 6.07 Å². The number of nitrogens with one attached hydrogen (secondary N) is 1. The van der Waals surface area contributed by atoms with Crippen LogP contribution >= 0.6 is 0 Å². The topological polar surface area (TPSA) is 128 Å². The zero-order valence-corrected chi connectivity index (χ0v) is 8.84. The molecule has 1 rings (SSSR count). The Morgan fingerprint density at radius 2 is 2.18 bits per heavy atom. The molecule has 4 amide bonds. The third-order valence-corrected chi connectivity index (χ3v) is 2.24. The summed E-state index contributed by atoms with van der Waals surface area (Å²) in [7, 11) is 0. The first-order valence-electron chi connectivity index (χ1n) is 4.67. The molecule has 1 heterocycles. The number of amides is 4. The van der Waals surface area contributed by atoms with Crippen LogP contribution in [0.15, 0.2) is 0 Å². The number of rotatable bonds is 2. The Morgan fingerprint density at radius 1 is 1.59 bits per heavy atom. The summed E-state index contributed by atoms with van der Waals surface area (Å²) in [5.41, 5.74) is 0. The van der Waals surface area contributed by atoms with Crippen LogP contribution in [0.1, 0.15) is 13.3 Å². The fourth-order valence-corrected chi connectivity index (χ4v) is 1.35. The monoisotopic (exact) mass is 239 g/mol. The third-order valence-electron chi connectivity index (χ3n) is 2.24. The van der Waals surface area contributed by atoms with Crippen LogP contribution in [0.3, 0.4) is 0 Å². The quantitative estimate of drug-likeness (QED) is 0.640. The standard InChI is InChI=1S/C9H9N3O5/c1-4(3-10)7(14)12-5(8(15)16)2-6(13)11-9(12)17/h4-5H,2H2,1H3,(H,15,16)(H,11,13,17). The van der Waals surface area contributed by atoms with Crippen molar-refractivity contribution >= 4 is 23.8 Å². The summed E-state index contributed by atoms with van der Waals surface area (Å²) < 4.78 is 0. The number of hydrogen-bond donors (Lipinski definition) is 2. The van der Waals surface area contributed by atoms with Gasteiger partial charge >= 0.3 is 12.0 Å². The fraction of sp³-hybridized carbons (Fsp3) is 0.444. The van der Waals surface area contributed by atoms with Gasteiger partial charge in [0.05, 0.1) is 12.5 Å². The second-order valence-corrected chi connectivity index (χ2v) is 3.47. The van der Waals surface area contributed by atoms with Crippen molar-refractivity contribution in [2.75, 3.05) is 0 Å². The molecule has 0 aromatic rings. The molecule has 1 saturated heterocycles. The molecule has 0 aromatic carbocycles. The van der Waals surface area contributed by atoms with Crippen LogP contribution in [0.25, 0.3) is 0 Å². The van der Waals surface area contributed by atoms with E-state index in [0.29, 0.717) is 4.90 Å². The Balaban J connectivity index is 3.04. The molecule has 0 aliphatic carbocycles. The van der Waals surface area contributed by atoms with Crippen molar-refractivity contribution in [2.24, 2.45) is 5.92 Å². The average Bonchev–Trinajstić information content (AvgIpc) is 2.26. The smallest absolute Gasteiger partial charge is 0.331 e. The predicted molar refractivity (Wildman–Crippen MR) is 51.2 cm³/mol. The van der Waals surface area contributed by atoms with Crippen LogP contribution in [-0.2, 0) is 14.4 Å². The molecule has 1 aliphatic rings. The summed E-state index contributed by atoms with van der Waals surface area (Å²) >= 11 is 0. The van der Waals surface area contributed by atoms with E-state index in [4.69, 9.17) is 10.4 Å². The highest BCUT2D eigenvalue weighted by atomic mass is 16.4. The van der Waals surface area contributed by atoms with Crippen molar-refractivity contribution in [2.45, 2.75) is 19.4 Å². The van der Waals surface area contributed by atoms with Crippen molar-refractivity contribution in [1.82, 2.24) is 10.2 Å². The SMILES string of the molecule is CC(C#N)C(=O)N1C(=O)NC(=O)CC1C(=O)O. The van der Waals surface area contributed by atoms with Crippen LogP contribution in [0.5, 0.6) is 0 Å². The molecule has 0 bridgehead atoms. The fourth-order valence-electron chi connectivity index (χ4n) is 1.35. The van der Waals surface area contributed by atoms with Gasteiger partial charge in [-0.15, -0.1) is 0 Å². The van der Waals surface area contributed by atoms with Gasteiger partial charge in [0.1, 0.15) is 12.0 Å². The van der Waals surface area contributed by atoms with Gasteiger partial charge < -0.3 is 5.11 Å². The number of aliphatic carboxylic acids is 1. The van der Waals surface area contributed by atoms with E-state index >= 15 is 0 Å². The molecular weight excluding hydrogens is 230 g/mol. The molecule has 0 radical (unpaired) electrons. The summed E-state index contributed by atoms with van der Waals surface area (Å²) in [5.74, 6) is -4.33. The molecule has 8 heteroatoms. The molecule has 8 nitrogen and oxygen atoms in total. The van der Waals surface area contributed by atoms with Gasteiger partial charge in [0.25, 0.3) is 0 Å². The van der Waals surface area contributed by atoms with E-state index in [1.54, 1.807) is 6.07 Å². The second-order valence-electron chi connectivity index (χ2n) is 3.47. The molecule has 0 aromatic heterocycles. The Kier molecular flexibility index (Phi) is 3.43. The van der Waals surface area contributed by atoms with Gasteiger partial charge in [-0.3, -0.25) is 14.9 Å². The molecule has 0 spiro atoms. The first-order valence-corrected chi connectivity index (χ1v) is 4.67. The number of nitriles is 1. The van der Waals surface area contributed by atoms with Crippen LogP contribution in [0.2, 0.25) is 0 Å². The number of carboxylic acid groups (broad SMARTS) is 1. The van der Waals surface area contributed by atoms with Crippen LogP contribution < -0.4 is 5.32 Å². The summed E-state index contributed by atoms with van der Waals surface area (Å²) in [5, 5.41) is 19.2. The maximum absolute atomic E-state index is 11.6. The molecule has 90 valence electrons. The van der Waals surface area contributed by atoms with Crippen LogP contribution in [0.4, 0.5) is 4.79 Å². The van der Waals surface area contributed by atoms with E-state index in [2.05, 4.69) is 0 Å². The van der Waals surface area contributed by atoms with Crippen LogP contribution in [0, 0.1) is 17.2 Å². The molecule has 0 saturated carbocycles. The number of carboxylic acids is 1. The van der Waals surface area contributed by atoms with Crippen LogP contribution in [-0.4, -0.2) is 39.9 Å². The first-order chi connectivity index (χ1) is 7.88. The number of hydrogen-bond acceptors (Lipinski definition) is 5. The third kappa shape index (κ3) is 2.39. The Bertz CT molecular complexity index is 438. The Labute approximate surface area is 95.8 Å². The van der Waals surface area contributed by atoms with E-state index in [9.17, 15) is 19.2 Å². The van der Waals surface area contributed by atoms with E-state index in [-0.39, 0.29) is 0 Å². The minimum atomic E-state index is -1.56. The maximum atomic E-state index is 11.6. The van der Waals surface area contributed by atoms with Crippen molar-refractivity contribution in [3.63, 3.8) is 0 Å². The van der Waals surface area contributed by atoms with E-state index in [1.807, 2.05) is 5.32 Å². The zero-order chi connectivity index (χ0) is 13.2. The maximum Gasteiger partial charge on any atom is 0.331 e. The number of nitrogens with zero attached hydrogens (tertiary/aromatic N) is 2. The number of carbonyl (C=O) groups is 4. The summed E-state index contributed by atoms with van der Waals surface area (Å²) in [6.07, 6.45) is -0.509. The van der Waals surface area contributed by atoms with E-state index in [1.165, 1.54) is 6.92 Å². The Morgan fingerprint density at radius 3 is 2.65 bits per heavy atom. The van der Waals surface area contributed by atoms with Crippen molar-refractivity contribution < 1.29 is 24.3 Å². The second kappa shape index (κ2) is 4.61. The minimum Gasteiger partial charge on any atom is -0.480 e. The molecule has 17 heavy (non-hydrogen) atoms. The predicted octanol–water partition coefficient (Wildman–Crippen LogP) is -0.932. The molecule has 1 aliphatic heterocycles. The highest BCUT2D eigenvalue weighted by molar-refractivity contribution is 6.09. The highest BCUT2D eigenvalue weighted by Gasteiger charge is 2.42.